The van der Waals surface area contributed by atoms with Crippen LogP contribution in [0.15, 0.2) is 18.5 Å². The molecular weight excluding hydrogens is 315 g/mol. The fourth-order valence-corrected chi connectivity index (χ4v) is 2.67. The van der Waals surface area contributed by atoms with E-state index in [2.05, 4.69) is 20.7 Å². The summed E-state index contributed by atoms with van der Waals surface area (Å²) < 4.78 is 15.7. The number of carbonyl (C=O) groups excluding carboxylic acids is 2. The SMILES string of the molecule is CCn1ncnc1C(=O)Nc1ccc(F)c(N2CCNC2=O)c1C. The van der Waals surface area contributed by atoms with E-state index >= 15 is 0 Å². The van der Waals surface area contributed by atoms with Gasteiger partial charge in [0, 0.05) is 25.3 Å². The maximum absolute atomic E-state index is 14.2. The average Bonchev–Trinajstić information content (AvgIpc) is 3.19. The van der Waals surface area contributed by atoms with Gasteiger partial charge in [-0.15, -0.1) is 0 Å². The van der Waals surface area contributed by atoms with Crippen LogP contribution in [0.4, 0.5) is 20.6 Å². The number of nitrogens with zero attached hydrogens (tertiary/aromatic N) is 4. The number of aromatic nitrogens is 3. The van der Waals surface area contributed by atoms with Crippen LogP contribution < -0.4 is 15.5 Å². The fraction of sp³-hybridized carbons (Fsp3) is 0.333. The van der Waals surface area contributed by atoms with Gasteiger partial charge >= 0.3 is 6.03 Å². The molecule has 0 radical (unpaired) electrons. The van der Waals surface area contributed by atoms with E-state index in [1.807, 2.05) is 6.92 Å². The molecular formula is C15H17FN6O2. The predicted octanol–water partition coefficient (Wildman–Crippen LogP) is 1.53. The molecule has 0 spiro atoms. The van der Waals surface area contributed by atoms with Crippen molar-refractivity contribution in [2.45, 2.75) is 20.4 Å². The van der Waals surface area contributed by atoms with Gasteiger partial charge in [-0.05, 0) is 31.5 Å². The van der Waals surface area contributed by atoms with E-state index in [0.717, 1.165) is 0 Å². The van der Waals surface area contributed by atoms with Gasteiger partial charge in [0.25, 0.3) is 5.91 Å². The summed E-state index contributed by atoms with van der Waals surface area (Å²) in [5, 5.41) is 9.29. The number of halogens is 1. The topological polar surface area (TPSA) is 92.2 Å². The van der Waals surface area contributed by atoms with Crippen LogP contribution in [0.3, 0.4) is 0 Å². The minimum Gasteiger partial charge on any atom is -0.336 e. The quantitative estimate of drug-likeness (QED) is 0.888. The number of aryl methyl sites for hydroxylation is 1. The molecule has 2 aromatic rings. The Kier molecular flexibility index (Phi) is 4.15. The fourth-order valence-electron chi connectivity index (χ4n) is 2.67. The predicted molar refractivity (Wildman–Crippen MR) is 85.5 cm³/mol. The second-order valence-electron chi connectivity index (χ2n) is 5.31. The number of amides is 3. The van der Waals surface area contributed by atoms with Gasteiger partial charge in [0.05, 0.1) is 5.69 Å². The molecule has 9 heteroatoms. The third-order valence-electron chi connectivity index (χ3n) is 3.87. The second-order valence-corrected chi connectivity index (χ2v) is 5.31. The Balaban J connectivity index is 1.92. The van der Waals surface area contributed by atoms with Crippen LogP contribution in [0.25, 0.3) is 0 Å². The van der Waals surface area contributed by atoms with Crippen molar-refractivity contribution in [3.05, 3.63) is 35.7 Å². The van der Waals surface area contributed by atoms with Crippen LogP contribution in [0, 0.1) is 12.7 Å². The molecule has 0 aliphatic carbocycles. The molecule has 1 aliphatic heterocycles. The molecule has 0 saturated carbocycles. The minimum atomic E-state index is -0.515. The number of rotatable bonds is 4. The average molecular weight is 332 g/mol. The van der Waals surface area contributed by atoms with Gasteiger partial charge in [0.15, 0.2) is 0 Å². The van der Waals surface area contributed by atoms with E-state index in [-0.39, 0.29) is 17.5 Å². The molecule has 0 unspecified atom stereocenters. The standard InChI is InChI=1S/C15H17FN6O2/c1-3-22-13(18-8-19-22)14(23)20-11-5-4-10(16)12(9(11)2)21-7-6-17-15(21)24/h4-5,8H,3,6-7H2,1-2H3,(H,17,24)(H,20,23). The second kappa shape index (κ2) is 6.26. The van der Waals surface area contributed by atoms with Gasteiger partial charge in [-0.1, -0.05) is 0 Å². The minimum absolute atomic E-state index is 0.166. The van der Waals surface area contributed by atoms with Crippen molar-refractivity contribution in [3.8, 4) is 0 Å². The Hall–Kier alpha value is -2.97. The lowest BCUT2D eigenvalue weighted by molar-refractivity contribution is 0.101. The summed E-state index contributed by atoms with van der Waals surface area (Å²) >= 11 is 0. The lowest BCUT2D eigenvalue weighted by atomic mass is 10.1. The molecule has 2 N–H and O–H groups in total. The third-order valence-corrected chi connectivity index (χ3v) is 3.87. The van der Waals surface area contributed by atoms with Gasteiger partial charge in [0.2, 0.25) is 5.82 Å². The van der Waals surface area contributed by atoms with E-state index in [0.29, 0.717) is 30.9 Å². The molecule has 8 nitrogen and oxygen atoms in total. The molecule has 126 valence electrons. The summed E-state index contributed by atoms with van der Waals surface area (Å²) in [6.07, 6.45) is 1.30. The van der Waals surface area contributed by atoms with E-state index in [4.69, 9.17) is 0 Å². The first kappa shape index (κ1) is 15.9. The van der Waals surface area contributed by atoms with Crippen molar-refractivity contribution in [1.82, 2.24) is 20.1 Å². The third kappa shape index (κ3) is 2.68. The van der Waals surface area contributed by atoms with Crippen molar-refractivity contribution < 1.29 is 14.0 Å². The summed E-state index contributed by atoms with van der Waals surface area (Å²) in [7, 11) is 0. The molecule has 1 saturated heterocycles. The Labute approximate surface area is 137 Å². The molecule has 1 aromatic heterocycles. The smallest absolute Gasteiger partial charge is 0.322 e. The Bertz CT molecular complexity index is 803. The molecule has 0 bridgehead atoms. The Morgan fingerprint density at radius 2 is 2.25 bits per heavy atom. The first-order valence-electron chi connectivity index (χ1n) is 7.56. The number of urea groups is 1. The maximum Gasteiger partial charge on any atom is 0.322 e. The summed E-state index contributed by atoms with van der Waals surface area (Å²) in [5.74, 6) is -0.790. The van der Waals surface area contributed by atoms with Crippen molar-refractivity contribution in [1.29, 1.82) is 0 Å². The highest BCUT2D eigenvalue weighted by Gasteiger charge is 2.27. The molecule has 0 atom stereocenters. The Morgan fingerprint density at radius 1 is 1.46 bits per heavy atom. The van der Waals surface area contributed by atoms with Crippen molar-refractivity contribution in [3.63, 3.8) is 0 Å². The lowest BCUT2D eigenvalue weighted by Gasteiger charge is -2.20. The highest BCUT2D eigenvalue weighted by molar-refractivity contribution is 6.03. The number of carbonyl (C=O) groups is 2. The van der Waals surface area contributed by atoms with Crippen LogP contribution in [-0.4, -0.2) is 39.8 Å². The number of nitrogens with one attached hydrogen (secondary N) is 2. The first-order chi connectivity index (χ1) is 11.5. The van der Waals surface area contributed by atoms with Crippen LogP contribution in [0.5, 0.6) is 0 Å². The zero-order valence-corrected chi connectivity index (χ0v) is 13.3. The van der Waals surface area contributed by atoms with Crippen molar-refractivity contribution in [2.75, 3.05) is 23.3 Å². The molecule has 1 aromatic carbocycles. The van der Waals surface area contributed by atoms with Gasteiger partial charge in [-0.25, -0.2) is 18.9 Å². The molecule has 1 aliphatic rings. The zero-order valence-electron chi connectivity index (χ0n) is 13.3. The largest absolute Gasteiger partial charge is 0.336 e. The van der Waals surface area contributed by atoms with Crippen molar-refractivity contribution >= 4 is 23.3 Å². The maximum atomic E-state index is 14.2. The highest BCUT2D eigenvalue weighted by atomic mass is 19.1. The van der Waals surface area contributed by atoms with Gasteiger partial charge < -0.3 is 10.6 Å². The highest BCUT2D eigenvalue weighted by Crippen LogP contribution is 2.31. The summed E-state index contributed by atoms with van der Waals surface area (Å²) in [6, 6.07) is 2.34. The molecule has 2 heterocycles. The lowest BCUT2D eigenvalue weighted by Crippen LogP contribution is -2.29. The van der Waals surface area contributed by atoms with E-state index in [9.17, 15) is 14.0 Å². The van der Waals surface area contributed by atoms with E-state index < -0.39 is 11.7 Å². The van der Waals surface area contributed by atoms with E-state index in [1.54, 1.807) is 6.92 Å². The summed E-state index contributed by atoms with van der Waals surface area (Å²) in [6.45, 7) is 4.83. The molecule has 3 amide bonds. The van der Waals surface area contributed by atoms with Gasteiger partial charge in [-0.3, -0.25) is 9.69 Å². The number of hydrogen-bond acceptors (Lipinski definition) is 4. The summed E-state index contributed by atoms with van der Waals surface area (Å²) in [4.78, 5) is 29.5. The molecule has 1 fully saturated rings. The van der Waals surface area contributed by atoms with E-state index in [1.165, 1.54) is 28.0 Å². The van der Waals surface area contributed by atoms with Crippen LogP contribution >= 0.6 is 0 Å². The molecule has 24 heavy (non-hydrogen) atoms. The normalized spacial score (nSPS) is 14.0. The number of anilines is 2. The van der Waals surface area contributed by atoms with Crippen LogP contribution in [0.1, 0.15) is 23.1 Å². The first-order valence-corrected chi connectivity index (χ1v) is 7.56. The Morgan fingerprint density at radius 3 is 2.92 bits per heavy atom. The van der Waals surface area contributed by atoms with Gasteiger partial charge in [-0.2, -0.15) is 5.10 Å². The zero-order chi connectivity index (χ0) is 17.3. The summed E-state index contributed by atoms with van der Waals surface area (Å²) in [5.41, 5.74) is 1.06. The van der Waals surface area contributed by atoms with Gasteiger partial charge in [0.1, 0.15) is 12.1 Å². The van der Waals surface area contributed by atoms with Crippen LogP contribution in [0.2, 0.25) is 0 Å². The number of hydrogen-bond donors (Lipinski definition) is 2. The van der Waals surface area contributed by atoms with Crippen LogP contribution in [-0.2, 0) is 6.54 Å². The monoisotopic (exact) mass is 332 g/mol. The number of benzene rings is 1. The molecule has 3 rings (SSSR count). The van der Waals surface area contributed by atoms with Crippen molar-refractivity contribution in [2.24, 2.45) is 0 Å².